The van der Waals surface area contributed by atoms with Crippen molar-refractivity contribution >= 4 is 43.9 Å². The van der Waals surface area contributed by atoms with Crippen molar-refractivity contribution in [3.8, 4) is 0 Å². The fourth-order valence-corrected chi connectivity index (χ4v) is 3.06. The summed E-state index contributed by atoms with van der Waals surface area (Å²) < 4.78 is 32.0. The van der Waals surface area contributed by atoms with Gasteiger partial charge in [0.15, 0.2) is 0 Å². The smallest absolute Gasteiger partial charge is 0.294 e. The summed E-state index contributed by atoms with van der Waals surface area (Å²) in [6.45, 7) is 0. The Morgan fingerprint density at radius 2 is 1.70 bits per heavy atom. The summed E-state index contributed by atoms with van der Waals surface area (Å²) >= 11 is 0. The summed E-state index contributed by atoms with van der Waals surface area (Å²) in [4.78, 5) is 22.2. The number of benzene rings is 3. The molecule has 0 aliphatic carbocycles. The second-order valence-corrected chi connectivity index (χ2v) is 7.06. The molecule has 3 aromatic rings. The third-order valence-electron chi connectivity index (χ3n) is 3.91. The fourth-order valence-electron chi connectivity index (χ4n) is 2.55. The second-order valence-electron chi connectivity index (χ2n) is 5.64. The van der Waals surface area contributed by atoms with Gasteiger partial charge in [-0.1, -0.05) is 6.07 Å². The molecule has 0 saturated carbocycles. The largest absolute Gasteiger partial charge is 0.398 e. The Morgan fingerprint density at radius 1 is 1.04 bits per heavy atom. The molecule has 138 valence electrons. The van der Waals surface area contributed by atoms with E-state index in [1.807, 2.05) is 0 Å². The van der Waals surface area contributed by atoms with Crippen LogP contribution in [0.2, 0.25) is 0 Å². The number of carbonyl (C=O) groups is 1. The molecule has 10 heteroatoms. The molecule has 0 saturated heterocycles. The normalized spacial score (nSPS) is 11.3. The molecule has 3 rings (SSSR count). The van der Waals surface area contributed by atoms with E-state index in [2.05, 4.69) is 5.32 Å². The molecule has 0 heterocycles. The average molecular weight is 387 g/mol. The van der Waals surface area contributed by atoms with Crippen molar-refractivity contribution in [1.82, 2.24) is 0 Å². The highest BCUT2D eigenvalue weighted by molar-refractivity contribution is 7.85. The molecule has 0 fully saturated rings. The van der Waals surface area contributed by atoms with Gasteiger partial charge in [-0.25, -0.2) is 0 Å². The van der Waals surface area contributed by atoms with Gasteiger partial charge in [-0.05, 0) is 36.4 Å². The molecule has 27 heavy (non-hydrogen) atoms. The highest BCUT2D eigenvalue weighted by Gasteiger charge is 2.15. The number of hydrogen-bond donors (Lipinski definition) is 3. The minimum absolute atomic E-state index is 0.151. The summed E-state index contributed by atoms with van der Waals surface area (Å²) in [5.41, 5.74) is 6.54. The van der Waals surface area contributed by atoms with Crippen molar-refractivity contribution in [3.05, 3.63) is 70.3 Å². The number of carbonyl (C=O) groups excluding carboxylic acids is 1. The van der Waals surface area contributed by atoms with Crippen LogP contribution in [-0.4, -0.2) is 23.8 Å². The quantitative estimate of drug-likeness (QED) is 0.269. The van der Waals surface area contributed by atoms with Gasteiger partial charge in [-0.15, -0.1) is 0 Å². The molecule has 4 N–H and O–H groups in total. The zero-order valence-corrected chi connectivity index (χ0v) is 14.4. The summed E-state index contributed by atoms with van der Waals surface area (Å²) in [6, 6.07) is 11.9. The zero-order chi connectivity index (χ0) is 19.8. The first-order valence-electron chi connectivity index (χ1n) is 7.52. The molecule has 0 radical (unpaired) electrons. The number of nitro benzene ring substituents is 1. The Morgan fingerprint density at radius 3 is 2.30 bits per heavy atom. The number of nitro groups is 1. The number of nitrogens with one attached hydrogen (secondary N) is 1. The van der Waals surface area contributed by atoms with Crippen LogP contribution in [0.1, 0.15) is 10.4 Å². The maximum absolute atomic E-state index is 12.4. The van der Waals surface area contributed by atoms with E-state index in [0.717, 1.165) is 0 Å². The molecular formula is C17H13N3O6S. The molecule has 3 aromatic carbocycles. The zero-order valence-electron chi connectivity index (χ0n) is 13.6. The van der Waals surface area contributed by atoms with Crippen LogP contribution in [0.3, 0.4) is 0 Å². The lowest BCUT2D eigenvalue weighted by atomic mass is 10.1. The monoisotopic (exact) mass is 387 g/mol. The molecule has 9 nitrogen and oxygen atoms in total. The number of nitrogens with two attached hydrogens (primary N) is 1. The Balaban J connectivity index is 2.02. The van der Waals surface area contributed by atoms with E-state index in [0.29, 0.717) is 16.5 Å². The fraction of sp³-hybridized carbons (Fsp3) is 0. The molecular weight excluding hydrogens is 374 g/mol. The lowest BCUT2D eigenvalue weighted by Gasteiger charge is -2.11. The van der Waals surface area contributed by atoms with Gasteiger partial charge in [0.05, 0.1) is 9.82 Å². The van der Waals surface area contributed by atoms with Crippen LogP contribution in [0.15, 0.2) is 59.5 Å². The number of anilines is 2. The summed E-state index contributed by atoms with van der Waals surface area (Å²) in [5.74, 6) is -0.548. The van der Waals surface area contributed by atoms with Crippen LogP contribution in [0, 0.1) is 10.1 Å². The van der Waals surface area contributed by atoms with E-state index in [4.69, 9.17) is 5.73 Å². The minimum Gasteiger partial charge on any atom is -0.398 e. The van der Waals surface area contributed by atoms with Crippen molar-refractivity contribution in [1.29, 1.82) is 0 Å². The Bertz CT molecular complexity index is 1170. The summed E-state index contributed by atoms with van der Waals surface area (Å²) in [6.07, 6.45) is 0. The summed E-state index contributed by atoms with van der Waals surface area (Å²) in [5, 5.41) is 14.1. The van der Waals surface area contributed by atoms with Crippen molar-refractivity contribution in [2.24, 2.45) is 0 Å². The van der Waals surface area contributed by atoms with Crippen molar-refractivity contribution in [2.75, 3.05) is 11.1 Å². The van der Waals surface area contributed by atoms with Gasteiger partial charge in [-0.2, -0.15) is 8.42 Å². The second kappa shape index (κ2) is 6.67. The van der Waals surface area contributed by atoms with E-state index >= 15 is 0 Å². The Labute approximate surface area is 153 Å². The maximum atomic E-state index is 12.4. The van der Waals surface area contributed by atoms with Crippen LogP contribution in [0.5, 0.6) is 0 Å². The highest BCUT2D eigenvalue weighted by Crippen LogP contribution is 2.31. The van der Waals surface area contributed by atoms with E-state index in [1.165, 1.54) is 48.5 Å². The topological polar surface area (TPSA) is 153 Å². The van der Waals surface area contributed by atoms with Crippen LogP contribution in [0.25, 0.3) is 10.8 Å². The molecule has 0 aliphatic heterocycles. The Hall–Kier alpha value is -3.50. The lowest BCUT2D eigenvalue weighted by molar-refractivity contribution is -0.384. The van der Waals surface area contributed by atoms with Gasteiger partial charge < -0.3 is 11.1 Å². The molecule has 0 bridgehead atoms. The number of nitrogen functional groups attached to an aromatic ring is 1. The van der Waals surface area contributed by atoms with Gasteiger partial charge in [0, 0.05) is 39.8 Å². The molecule has 0 aliphatic rings. The highest BCUT2D eigenvalue weighted by atomic mass is 32.2. The first-order valence-corrected chi connectivity index (χ1v) is 8.96. The number of amides is 1. The van der Waals surface area contributed by atoms with Crippen LogP contribution in [-0.2, 0) is 10.1 Å². The molecule has 1 amide bonds. The Kier molecular flexibility index (Phi) is 4.52. The van der Waals surface area contributed by atoms with Crippen molar-refractivity contribution < 1.29 is 22.7 Å². The van der Waals surface area contributed by atoms with Crippen LogP contribution in [0.4, 0.5) is 17.1 Å². The number of rotatable bonds is 4. The van der Waals surface area contributed by atoms with Crippen LogP contribution >= 0.6 is 0 Å². The van der Waals surface area contributed by atoms with Crippen molar-refractivity contribution in [3.63, 3.8) is 0 Å². The first-order chi connectivity index (χ1) is 12.7. The van der Waals surface area contributed by atoms with Crippen LogP contribution < -0.4 is 11.1 Å². The number of fused-ring (bicyclic) bond motifs is 1. The third-order valence-corrected chi connectivity index (χ3v) is 4.76. The SMILES string of the molecule is Nc1ccc(NC(=O)c2ccc([N+](=O)[O-])cc2)c2cc(S(=O)(=O)O)ccc12. The predicted molar refractivity (Wildman–Crippen MR) is 99.2 cm³/mol. The molecule has 0 unspecified atom stereocenters. The van der Waals surface area contributed by atoms with E-state index in [9.17, 15) is 27.9 Å². The van der Waals surface area contributed by atoms with Gasteiger partial charge in [0.1, 0.15) is 0 Å². The van der Waals surface area contributed by atoms with E-state index in [-0.39, 0.29) is 21.8 Å². The lowest BCUT2D eigenvalue weighted by Crippen LogP contribution is -2.12. The minimum atomic E-state index is -4.43. The van der Waals surface area contributed by atoms with E-state index < -0.39 is 20.9 Å². The predicted octanol–water partition coefficient (Wildman–Crippen LogP) is 2.83. The van der Waals surface area contributed by atoms with Gasteiger partial charge in [-0.3, -0.25) is 19.5 Å². The molecule has 0 spiro atoms. The van der Waals surface area contributed by atoms with Gasteiger partial charge in [0.2, 0.25) is 0 Å². The van der Waals surface area contributed by atoms with E-state index in [1.54, 1.807) is 6.07 Å². The number of nitrogens with zero attached hydrogens (tertiary/aromatic N) is 1. The van der Waals surface area contributed by atoms with Gasteiger partial charge >= 0.3 is 0 Å². The summed E-state index contributed by atoms with van der Waals surface area (Å²) in [7, 11) is -4.43. The van der Waals surface area contributed by atoms with Crippen molar-refractivity contribution in [2.45, 2.75) is 4.90 Å². The standard InChI is InChI=1S/C17H13N3O6S/c18-15-7-8-16(14-9-12(27(24,25)26)5-6-13(14)15)19-17(21)10-1-3-11(4-2-10)20(22)23/h1-9H,18H2,(H,19,21)(H,24,25,26). The maximum Gasteiger partial charge on any atom is 0.294 e. The third kappa shape index (κ3) is 3.71. The number of hydrogen-bond acceptors (Lipinski definition) is 6. The first kappa shape index (κ1) is 18.3. The van der Waals surface area contributed by atoms with Gasteiger partial charge in [0.25, 0.3) is 21.7 Å². The number of non-ortho nitro benzene ring substituents is 1. The molecule has 0 atom stereocenters. The average Bonchev–Trinajstić information content (AvgIpc) is 2.63. The molecule has 0 aromatic heterocycles.